The standard InChI is InChI=1S/C21H40O2/c1-5-8-13-19(7-3)16-20(22)17-23-21(14-9-6-2)15-11-10-12-18(21)4/h18-19H,5-17H2,1-4H3. The number of ketones is 1. The van der Waals surface area contributed by atoms with Gasteiger partial charge in [0.25, 0.3) is 0 Å². The number of hydrogen-bond acceptors (Lipinski definition) is 2. The molecule has 0 aliphatic heterocycles. The van der Waals surface area contributed by atoms with E-state index in [-0.39, 0.29) is 5.60 Å². The maximum atomic E-state index is 12.4. The van der Waals surface area contributed by atoms with Gasteiger partial charge in [0.05, 0.1) is 5.60 Å². The van der Waals surface area contributed by atoms with Crippen LogP contribution in [-0.4, -0.2) is 18.0 Å². The summed E-state index contributed by atoms with van der Waals surface area (Å²) in [7, 11) is 0. The monoisotopic (exact) mass is 324 g/mol. The Bertz CT molecular complexity index is 326. The molecule has 2 nitrogen and oxygen atoms in total. The highest BCUT2D eigenvalue weighted by molar-refractivity contribution is 5.79. The van der Waals surface area contributed by atoms with Crippen LogP contribution in [0.3, 0.4) is 0 Å². The van der Waals surface area contributed by atoms with Crippen LogP contribution in [0.2, 0.25) is 0 Å². The first-order chi connectivity index (χ1) is 11.1. The van der Waals surface area contributed by atoms with Crippen LogP contribution in [0.5, 0.6) is 0 Å². The molecule has 1 aliphatic carbocycles. The Kier molecular flexibility index (Phi) is 10.1. The maximum Gasteiger partial charge on any atom is 0.158 e. The van der Waals surface area contributed by atoms with Crippen molar-refractivity contribution in [1.82, 2.24) is 0 Å². The molecule has 0 radical (unpaired) electrons. The van der Waals surface area contributed by atoms with Crippen molar-refractivity contribution in [3.8, 4) is 0 Å². The first kappa shape index (κ1) is 20.7. The van der Waals surface area contributed by atoms with E-state index < -0.39 is 0 Å². The van der Waals surface area contributed by atoms with Gasteiger partial charge in [0.2, 0.25) is 0 Å². The second kappa shape index (κ2) is 11.2. The number of carbonyl (C=O) groups is 1. The molecule has 1 fully saturated rings. The summed E-state index contributed by atoms with van der Waals surface area (Å²) in [5, 5.41) is 0. The van der Waals surface area contributed by atoms with Crippen molar-refractivity contribution in [2.24, 2.45) is 11.8 Å². The number of Topliss-reactive ketones (excluding diaryl/α,β-unsaturated/α-hetero) is 1. The first-order valence-electron chi connectivity index (χ1n) is 10.2. The minimum absolute atomic E-state index is 0.0188. The van der Waals surface area contributed by atoms with E-state index in [1.54, 1.807) is 0 Å². The molecule has 3 atom stereocenters. The Morgan fingerprint density at radius 3 is 2.52 bits per heavy atom. The van der Waals surface area contributed by atoms with E-state index >= 15 is 0 Å². The fraction of sp³-hybridized carbons (Fsp3) is 0.952. The zero-order valence-electron chi connectivity index (χ0n) is 16.2. The van der Waals surface area contributed by atoms with E-state index in [1.807, 2.05) is 0 Å². The summed E-state index contributed by atoms with van der Waals surface area (Å²) in [5.74, 6) is 1.47. The van der Waals surface area contributed by atoms with Gasteiger partial charge in [-0.3, -0.25) is 4.79 Å². The fourth-order valence-corrected chi connectivity index (χ4v) is 4.07. The molecule has 0 aromatic rings. The molecular weight excluding hydrogens is 284 g/mol. The number of carbonyl (C=O) groups excluding carboxylic acids is 1. The van der Waals surface area contributed by atoms with Gasteiger partial charge in [-0.05, 0) is 31.1 Å². The fourth-order valence-electron chi connectivity index (χ4n) is 4.07. The van der Waals surface area contributed by atoms with Crippen molar-refractivity contribution in [2.75, 3.05) is 6.61 Å². The molecule has 0 saturated heterocycles. The molecule has 0 amide bonds. The summed E-state index contributed by atoms with van der Waals surface area (Å²) in [5.41, 5.74) is -0.0188. The number of ether oxygens (including phenoxy) is 1. The predicted octanol–water partition coefficient (Wildman–Crippen LogP) is 6.32. The van der Waals surface area contributed by atoms with Crippen molar-refractivity contribution in [1.29, 1.82) is 0 Å². The van der Waals surface area contributed by atoms with E-state index in [1.165, 1.54) is 51.4 Å². The van der Waals surface area contributed by atoms with Crippen LogP contribution in [0.1, 0.15) is 105 Å². The quantitative estimate of drug-likeness (QED) is 0.420. The molecule has 0 spiro atoms. The summed E-state index contributed by atoms with van der Waals surface area (Å²) < 4.78 is 6.35. The van der Waals surface area contributed by atoms with Crippen molar-refractivity contribution in [3.05, 3.63) is 0 Å². The number of unbranched alkanes of at least 4 members (excludes halogenated alkanes) is 2. The van der Waals surface area contributed by atoms with Gasteiger partial charge in [-0.25, -0.2) is 0 Å². The predicted molar refractivity (Wildman–Crippen MR) is 98.8 cm³/mol. The Balaban J connectivity index is 2.51. The van der Waals surface area contributed by atoms with E-state index in [9.17, 15) is 4.79 Å². The first-order valence-corrected chi connectivity index (χ1v) is 10.2. The molecule has 1 saturated carbocycles. The Morgan fingerprint density at radius 2 is 1.91 bits per heavy atom. The SMILES string of the molecule is CCCCC(CC)CC(=O)COC1(CCCC)CCCCC1C. The highest BCUT2D eigenvalue weighted by Crippen LogP contribution is 2.40. The van der Waals surface area contributed by atoms with Gasteiger partial charge in [0, 0.05) is 6.42 Å². The Hall–Kier alpha value is -0.370. The molecule has 2 heteroatoms. The molecule has 0 bridgehead atoms. The molecule has 136 valence electrons. The van der Waals surface area contributed by atoms with Gasteiger partial charge in [-0.15, -0.1) is 0 Å². The lowest BCUT2D eigenvalue weighted by atomic mass is 9.73. The van der Waals surface area contributed by atoms with Gasteiger partial charge >= 0.3 is 0 Å². The summed E-state index contributed by atoms with van der Waals surface area (Å²) in [6, 6.07) is 0. The highest BCUT2D eigenvalue weighted by atomic mass is 16.5. The lowest BCUT2D eigenvalue weighted by Crippen LogP contribution is -2.43. The van der Waals surface area contributed by atoms with Gasteiger partial charge in [0.1, 0.15) is 6.61 Å². The third-order valence-corrected chi connectivity index (χ3v) is 5.92. The Morgan fingerprint density at radius 1 is 1.17 bits per heavy atom. The van der Waals surface area contributed by atoms with Crippen LogP contribution in [0.15, 0.2) is 0 Å². The average Bonchev–Trinajstić information content (AvgIpc) is 2.57. The van der Waals surface area contributed by atoms with Crippen molar-refractivity contribution < 1.29 is 9.53 Å². The van der Waals surface area contributed by atoms with Gasteiger partial charge in [0.15, 0.2) is 5.78 Å². The highest BCUT2D eigenvalue weighted by Gasteiger charge is 2.38. The van der Waals surface area contributed by atoms with Gasteiger partial charge < -0.3 is 4.74 Å². The lowest BCUT2D eigenvalue weighted by Gasteiger charge is -2.42. The third-order valence-electron chi connectivity index (χ3n) is 5.92. The van der Waals surface area contributed by atoms with Crippen LogP contribution >= 0.6 is 0 Å². The molecule has 0 heterocycles. The molecule has 1 rings (SSSR count). The van der Waals surface area contributed by atoms with Crippen LogP contribution in [0, 0.1) is 11.8 Å². The summed E-state index contributed by atoms with van der Waals surface area (Å²) in [6.45, 7) is 9.35. The van der Waals surface area contributed by atoms with Gasteiger partial charge in [-0.2, -0.15) is 0 Å². The minimum Gasteiger partial charge on any atom is -0.367 e. The second-order valence-electron chi connectivity index (χ2n) is 7.76. The third kappa shape index (κ3) is 6.95. The van der Waals surface area contributed by atoms with Gasteiger partial charge in [-0.1, -0.05) is 79.1 Å². The second-order valence-corrected chi connectivity index (χ2v) is 7.76. The average molecular weight is 325 g/mol. The van der Waals surface area contributed by atoms with Crippen molar-refractivity contribution in [3.63, 3.8) is 0 Å². The van der Waals surface area contributed by atoms with Crippen molar-refractivity contribution in [2.45, 2.75) is 110 Å². The Labute approximate surface area is 144 Å². The molecule has 3 unspecified atom stereocenters. The summed E-state index contributed by atoms with van der Waals surface area (Å²) in [4.78, 5) is 12.4. The molecule has 23 heavy (non-hydrogen) atoms. The van der Waals surface area contributed by atoms with Crippen LogP contribution < -0.4 is 0 Å². The topological polar surface area (TPSA) is 26.3 Å². The molecule has 0 aromatic carbocycles. The van der Waals surface area contributed by atoms with E-state index in [4.69, 9.17) is 4.74 Å². The smallest absolute Gasteiger partial charge is 0.158 e. The zero-order valence-corrected chi connectivity index (χ0v) is 16.2. The molecule has 0 N–H and O–H groups in total. The van der Waals surface area contributed by atoms with Crippen molar-refractivity contribution >= 4 is 5.78 Å². The zero-order chi connectivity index (χ0) is 17.1. The normalized spacial score (nSPS) is 26.2. The van der Waals surface area contributed by atoms with Crippen LogP contribution in [0.25, 0.3) is 0 Å². The minimum atomic E-state index is -0.0188. The maximum absolute atomic E-state index is 12.4. The molecule has 0 aromatic heterocycles. The summed E-state index contributed by atoms with van der Waals surface area (Å²) in [6.07, 6.45) is 14.0. The van der Waals surface area contributed by atoms with E-state index in [2.05, 4.69) is 27.7 Å². The molecular formula is C21H40O2. The van der Waals surface area contributed by atoms with Crippen LogP contribution in [0.4, 0.5) is 0 Å². The largest absolute Gasteiger partial charge is 0.367 e. The number of rotatable bonds is 12. The lowest BCUT2D eigenvalue weighted by molar-refractivity contribution is -0.143. The van der Waals surface area contributed by atoms with Crippen LogP contribution in [-0.2, 0) is 9.53 Å². The summed E-state index contributed by atoms with van der Waals surface area (Å²) >= 11 is 0. The molecule has 1 aliphatic rings. The van der Waals surface area contributed by atoms with E-state index in [0.717, 1.165) is 25.7 Å². The van der Waals surface area contributed by atoms with E-state index in [0.29, 0.717) is 24.2 Å². The number of hydrogen-bond donors (Lipinski definition) is 0.